The van der Waals surface area contributed by atoms with E-state index in [0.29, 0.717) is 19.4 Å². The Hall–Kier alpha value is -1.96. The number of hydrogen-bond acceptors (Lipinski definition) is 3. The molecule has 0 aliphatic carbocycles. The standard InChI is InChI=1S/C11H12FN3O/c12-10-8-14-7-4-9(10)11(16)15-6-3-1-2-5-13/h4,7-8H,1-3,6H2,(H,15,16). The third kappa shape index (κ3) is 3.65. The first-order valence-corrected chi connectivity index (χ1v) is 5.00. The molecule has 0 spiro atoms. The van der Waals surface area contributed by atoms with Crippen molar-refractivity contribution in [3.8, 4) is 6.07 Å². The average molecular weight is 221 g/mol. The van der Waals surface area contributed by atoms with E-state index in [1.165, 1.54) is 12.3 Å². The first kappa shape index (κ1) is 12.1. The highest BCUT2D eigenvalue weighted by Gasteiger charge is 2.09. The predicted molar refractivity (Wildman–Crippen MR) is 56.0 cm³/mol. The van der Waals surface area contributed by atoms with E-state index in [-0.39, 0.29) is 5.56 Å². The Morgan fingerprint density at radius 1 is 1.56 bits per heavy atom. The highest BCUT2D eigenvalue weighted by atomic mass is 19.1. The van der Waals surface area contributed by atoms with E-state index in [1.807, 2.05) is 6.07 Å². The van der Waals surface area contributed by atoms with Gasteiger partial charge in [0.2, 0.25) is 0 Å². The fraction of sp³-hybridized carbons (Fsp3) is 0.364. The van der Waals surface area contributed by atoms with Gasteiger partial charge in [-0.15, -0.1) is 0 Å². The van der Waals surface area contributed by atoms with Crippen LogP contribution >= 0.6 is 0 Å². The Bertz CT molecular complexity index is 400. The van der Waals surface area contributed by atoms with Gasteiger partial charge in [0.05, 0.1) is 17.8 Å². The summed E-state index contributed by atoms with van der Waals surface area (Å²) >= 11 is 0. The number of rotatable bonds is 5. The molecule has 0 aromatic carbocycles. The predicted octanol–water partition coefficient (Wildman–Crippen LogP) is 1.64. The van der Waals surface area contributed by atoms with Crippen LogP contribution in [0.5, 0.6) is 0 Å². The molecule has 0 saturated carbocycles. The third-order valence-corrected chi connectivity index (χ3v) is 2.02. The molecule has 0 atom stereocenters. The van der Waals surface area contributed by atoms with E-state index >= 15 is 0 Å². The van der Waals surface area contributed by atoms with E-state index in [9.17, 15) is 9.18 Å². The summed E-state index contributed by atoms with van der Waals surface area (Å²) in [4.78, 5) is 15.0. The average Bonchev–Trinajstić information content (AvgIpc) is 2.29. The summed E-state index contributed by atoms with van der Waals surface area (Å²) in [5, 5.41) is 10.9. The lowest BCUT2D eigenvalue weighted by molar-refractivity contribution is 0.0949. The zero-order chi connectivity index (χ0) is 11.8. The first-order chi connectivity index (χ1) is 7.75. The van der Waals surface area contributed by atoms with Crippen molar-refractivity contribution >= 4 is 5.91 Å². The van der Waals surface area contributed by atoms with Crippen LogP contribution < -0.4 is 5.32 Å². The van der Waals surface area contributed by atoms with E-state index in [1.54, 1.807) is 0 Å². The van der Waals surface area contributed by atoms with Gasteiger partial charge in [0.15, 0.2) is 5.82 Å². The molecule has 1 aromatic rings. The minimum absolute atomic E-state index is 0.00437. The van der Waals surface area contributed by atoms with Gasteiger partial charge in [-0.25, -0.2) is 4.39 Å². The van der Waals surface area contributed by atoms with Crippen molar-refractivity contribution in [3.05, 3.63) is 29.8 Å². The molecule has 1 amide bonds. The molecule has 0 aliphatic rings. The van der Waals surface area contributed by atoms with Crippen LogP contribution in [0.25, 0.3) is 0 Å². The Balaban J connectivity index is 2.36. The fourth-order valence-electron chi connectivity index (χ4n) is 1.19. The molecule has 4 nitrogen and oxygen atoms in total. The van der Waals surface area contributed by atoms with Crippen molar-refractivity contribution in [2.75, 3.05) is 6.54 Å². The van der Waals surface area contributed by atoms with Crippen LogP contribution in [0.3, 0.4) is 0 Å². The van der Waals surface area contributed by atoms with E-state index in [0.717, 1.165) is 12.6 Å². The van der Waals surface area contributed by atoms with Crippen molar-refractivity contribution in [3.63, 3.8) is 0 Å². The van der Waals surface area contributed by atoms with Gasteiger partial charge >= 0.3 is 0 Å². The maximum Gasteiger partial charge on any atom is 0.254 e. The maximum atomic E-state index is 13.1. The number of nitriles is 1. The second-order valence-corrected chi connectivity index (χ2v) is 3.23. The zero-order valence-electron chi connectivity index (χ0n) is 8.74. The van der Waals surface area contributed by atoms with Gasteiger partial charge in [-0.2, -0.15) is 5.26 Å². The topological polar surface area (TPSA) is 65.8 Å². The number of halogens is 1. The van der Waals surface area contributed by atoms with Crippen LogP contribution in [0.4, 0.5) is 4.39 Å². The maximum absolute atomic E-state index is 13.1. The molecular weight excluding hydrogens is 209 g/mol. The molecular formula is C11H12FN3O. The van der Waals surface area contributed by atoms with Gasteiger partial charge in [-0.05, 0) is 18.9 Å². The minimum Gasteiger partial charge on any atom is -0.352 e. The van der Waals surface area contributed by atoms with Gasteiger partial charge in [-0.1, -0.05) is 0 Å². The Morgan fingerprint density at radius 2 is 2.38 bits per heavy atom. The SMILES string of the molecule is N#CCCCCNC(=O)c1ccncc1F. The summed E-state index contributed by atoms with van der Waals surface area (Å²) in [7, 11) is 0. The second kappa shape index (κ2) is 6.51. The number of pyridine rings is 1. The highest BCUT2D eigenvalue weighted by molar-refractivity contribution is 5.94. The summed E-state index contributed by atoms with van der Waals surface area (Å²) in [5.74, 6) is -1.08. The van der Waals surface area contributed by atoms with Gasteiger partial charge in [-0.3, -0.25) is 9.78 Å². The lowest BCUT2D eigenvalue weighted by Gasteiger charge is -2.04. The number of amides is 1. The number of carbonyl (C=O) groups excluding carboxylic acids is 1. The molecule has 0 saturated heterocycles. The molecule has 16 heavy (non-hydrogen) atoms. The highest BCUT2D eigenvalue weighted by Crippen LogP contribution is 2.03. The number of carbonyl (C=O) groups is 1. The largest absolute Gasteiger partial charge is 0.352 e. The van der Waals surface area contributed by atoms with E-state index < -0.39 is 11.7 Å². The summed E-state index contributed by atoms with van der Waals surface area (Å²) in [6.07, 6.45) is 4.29. The Labute approximate surface area is 93.1 Å². The summed E-state index contributed by atoms with van der Waals surface area (Å²) in [6.45, 7) is 0.447. The number of nitrogens with zero attached hydrogens (tertiary/aromatic N) is 2. The lowest BCUT2D eigenvalue weighted by atomic mass is 10.2. The number of hydrogen-bond donors (Lipinski definition) is 1. The van der Waals surface area contributed by atoms with Gasteiger partial charge in [0.25, 0.3) is 5.91 Å². The van der Waals surface area contributed by atoms with Crippen LogP contribution in [0, 0.1) is 17.1 Å². The van der Waals surface area contributed by atoms with Gasteiger partial charge in [0, 0.05) is 19.2 Å². The fourth-order valence-corrected chi connectivity index (χ4v) is 1.19. The van der Waals surface area contributed by atoms with Crippen molar-refractivity contribution in [1.82, 2.24) is 10.3 Å². The van der Waals surface area contributed by atoms with Crippen LogP contribution in [-0.4, -0.2) is 17.4 Å². The molecule has 1 N–H and O–H groups in total. The smallest absolute Gasteiger partial charge is 0.254 e. The molecule has 0 unspecified atom stereocenters. The van der Waals surface area contributed by atoms with Gasteiger partial charge < -0.3 is 5.32 Å². The molecule has 0 bridgehead atoms. The van der Waals surface area contributed by atoms with Crippen LogP contribution in [0.2, 0.25) is 0 Å². The molecule has 0 aliphatic heterocycles. The quantitative estimate of drug-likeness (QED) is 0.769. The molecule has 1 heterocycles. The third-order valence-electron chi connectivity index (χ3n) is 2.02. The molecule has 1 rings (SSSR count). The van der Waals surface area contributed by atoms with Crippen LogP contribution in [0.15, 0.2) is 18.5 Å². The van der Waals surface area contributed by atoms with Crippen molar-refractivity contribution < 1.29 is 9.18 Å². The molecule has 0 fully saturated rings. The first-order valence-electron chi connectivity index (χ1n) is 5.00. The Morgan fingerprint density at radius 3 is 3.06 bits per heavy atom. The van der Waals surface area contributed by atoms with Crippen molar-refractivity contribution in [1.29, 1.82) is 5.26 Å². The monoisotopic (exact) mass is 221 g/mol. The normalized spacial score (nSPS) is 9.50. The number of aromatic nitrogens is 1. The van der Waals surface area contributed by atoms with Crippen molar-refractivity contribution in [2.24, 2.45) is 0 Å². The lowest BCUT2D eigenvalue weighted by Crippen LogP contribution is -2.25. The van der Waals surface area contributed by atoms with Crippen LogP contribution in [0.1, 0.15) is 29.6 Å². The molecule has 5 heteroatoms. The minimum atomic E-state index is -0.628. The summed E-state index contributed by atoms with van der Waals surface area (Å²) < 4.78 is 13.1. The van der Waals surface area contributed by atoms with E-state index in [4.69, 9.17) is 5.26 Å². The summed E-state index contributed by atoms with van der Waals surface area (Å²) in [5.41, 5.74) is -0.00437. The van der Waals surface area contributed by atoms with Crippen molar-refractivity contribution in [2.45, 2.75) is 19.3 Å². The number of nitrogens with one attached hydrogen (secondary N) is 1. The Kier molecular flexibility index (Phi) is 4.93. The van der Waals surface area contributed by atoms with Crippen LogP contribution in [-0.2, 0) is 0 Å². The number of unbranched alkanes of at least 4 members (excludes halogenated alkanes) is 2. The molecule has 1 aromatic heterocycles. The zero-order valence-corrected chi connectivity index (χ0v) is 8.74. The molecule has 84 valence electrons. The molecule has 0 radical (unpaired) electrons. The van der Waals surface area contributed by atoms with Gasteiger partial charge in [0.1, 0.15) is 0 Å². The summed E-state index contributed by atoms with van der Waals surface area (Å²) in [6, 6.07) is 3.35. The van der Waals surface area contributed by atoms with E-state index in [2.05, 4.69) is 10.3 Å². The second-order valence-electron chi connectivity index (χ2n) is 3.23.